The number of carbonyl (C=O) groups is 1. The first-order valence-electron chi connectivity index (χ1n) is 11.7. The Morgan fingerprint density at radius 2 is 1.70 bits per heavy atom. The highest BCUT2D eigenvalue weighted by atomic mass is 19.1. The molecule has 1 fully saturated rings. The third-order valence-electron chi connectivity index (χ3n) is 6.16. The van der Waals surface area contributed by atoms with Gasteiger partial charge >= 0.3 is 0 Å². The van der Waals surface area contributed by atoms with Crippen molar-refractivity contribution in [1.82, 2.24) is 14.9 Å². The summed E-state index contributed by atoms with van der Waals surface area (Å²) in [6, 6.07) is 16.6. The Labute approximate surface area is 195 Å². The van der Waals surface area contributed by atoms with Crippen LogP contribution in [0.4, 0.5) is 10.2 Å². The first-order chi connectivity index (χ1) is 16.0. The molecule has 1 aliphatic heterocycles. The molecule has 4 rings (SSSR count). The van der Waals surface area contributed by atoms with Crippen molar-refractivity contribution in [2.75, 3.05) is 31.1 Å². The number of halogens is 1. The predicted octanol–water partition coefficient (Wildman–Crippen LogP) is 4.36. The fraction of sp³-hybridized carbons (Fsp3) is 0.370. The van der Waals surface area contributed by atoms with Crippen LogP contribution in [0.1, 0.15) is 41.6 Å². The smallest absolute Gasteiger partial charge is 0.227 e. The Morgan fingerprint density at radius 3 is 2.42 bits per heavy atom. The van der Waals surface area contributed by atoms with E-state index in [9.17, 15) is 9.18 Å². The molecule has 1 saturated heterocycles. The van der Waals surface area contributed by atoms with E-state index in [4.69, 9.17) is 9.97 Å². The molecule has 0 bridgehead atoms. The second-order valence-corrected chi connectivity index (χ2v) is 8.56. The highest BCUT2D eigenvalue weighted by Crippen LogP contribution is 2.26. The molecule has 1 aromatic heterocycles. The lowest BCUT2D eigenvalue weighted by atomic mass is 10.0. The normalized spacial score (nSPS) is 14.3. The van der Waals surface area contributed by atoms with Gasteiger partial charge in [-0.25, -0.2) is 14.4 Å². The molecule has 0 spiro atoms. The van der Waals surface area contributed by atoms with Gasteiger partial charge in [0.25, 0.3) is 0 Å². The van der Waals surface area contributed by atoms with Crippen molar-refractivity contribution in [3.05, 3.63) is 88.6 Å². The van der Waals surface area contributed by atoms with Gasteiger partial charge in [0.1, 0.15) is 17.5 Å². The van der Waals surface area contributed by atoms with Crippen LogP contribution in [-0.2, 0) is 24.1 Å². The van der Waals surface area contributed by atoms with E-state index in [0.717, 1.165) is 61.8 Å². The van der Waals surface area contributed by atoms with Crippen LogP contribution in [0.2, 0.25) is 0 Å². The van der Waals surface area contributed by atoms with Gasteiger partial charge in [0.2, 0.25) is 5.91 Å². The molecule has 2 heterocycles. The molecule has 0 saturated carbocycles. The summed E-state index contributed by atoms with van der Waals surface area (Å²) in [7, 11) is 0. The Bertz CT molecular complexity index is 1090. The molecule has 1 amide bonds. The van der Waals surface area contributed by atoms with Crippen molar-refractivity contribution in [2.45, 2.75) is 39.5 Å². The van der Waals surface area contributed by atoms with E-state index < -0.39 is 0 Å². The average Bonchev–Trinajstić information content (AvgIpc) is 3.08. The molecule has 3 aromatic rings. The number of aryl methyl sites for hydroxylation is 2. The van der Waals surface area contributed by atoms with Crippen molar-refractivity contribution >= 4 is 11.7 Å². The molecule has 0 radical (unpaired) electrons. The quantitative estimate of drug-likeness (QED) is 0.565. The Kier molecular flexibility index (Phi) is 7.33. The molecule has 0 atom stereocenters. The van der Waals surface area contributed by atoms with E-state index in [2.05, 4.69) is 36.1 Å². The molecule has 33 heavy (non-hydrogen) atoms. The lowest BCUT2D eigenvalue weighted by Gasteiger charge is -2.26. The molecule has 172 valence electrons. The maximum Gasteiger partial charge on any atom is 0.227 e. The van der Waals surface area contributed by atoms with Crippen molar-refractivity contribution in [1.29, 1.82) is 0 Å². The summed E-state index contributed by atoms with van der Waals surface area (Å²) in [5.74, 6) is 1.58. The monoisotopic (exact) mass is 446 g/mol. The zero-order valence-corrected chi connectivity index (χ0v) is 19.4. The summed E-state index contributed by atoms with van der Waals surface area (Å²) in [5.41, 5.74) is 4.36. The van der Waals surface area contributed by atoms with Crippen molar-refractivity contribution in [3.63, 3.8) is 0 Å². The van der Waals surface area contributed by atoms with Gasteiger partial charge in [0.05, 0.1) is 6.42 Å². The summed E-state index contributed by atoms with van der Waals surface area (Å²) in [6.07, 6.45) is 2.83. The van der Waals surface area contributed by atoms with Gasteiger partial charge < -0.3 is 9.80 Å². The number of rotatable bonds is 6. The predicted molar refractivity (Wildman–Crippen MR) is 129 cm³/mol. The minimum Gasteiger partial charge on any atom is -0.354 e. The van der Waals surface area contributed by atoms with Crippen LogP contribution in [0.25, 0.3) is 0 Å². The average molecular weight is 447 g/mol. The number of hydrogen-bond acceptors (Lipinski definition) is 4. The SMILES string of the molecule is CCc1nc(C)nc(N2CCCN(C(=O)Cc3ccc(F)cc3)CC2)c1Cc1ccccc1. The summed E-state index contributed by atoms with van der Waals surface area (Å²) >= 11 is 0. The summed E-state index contributed by atoms with van der Waals surface area (Å²) in [6.45, 7) is 7.03. The van der Waals surface area contributed by atoms with Crippen molar-refractivity contribution < 1.29 is 9.18 Å². The minimum atomic E-state index is -0.283. The van der Waals surface area contributed by atoms with Crippen molar-refractivity contribution in [2.24, 2.45) is 0 Å². The largest absolute Gasteiger partial charge is 0.354 e. The maximum absolute atomic E-state index is 13.2. The van der Waals surface area contributed by atoms with Crippen LogP contribution < -0.4 is 4.90 Å². The van der Waals surface area contributed by atoms with Crippen LogP contribution in [0.5, 0.6) is 0 Å². The highest BCUT2D eigenvalue weighted by Gasteiger charge is 2.23. The Morgan fingerprint density at radius 1 is 0.939 bits per heavy atom. The minimum absolute atomic E-state index is 0.0843. The lowest BCUT2D eigenvalue weighted by molar-refractivity contribution is -0.130. The topological polar surface area (TPSA) is 49.3 Å². The summed E-state index contributed by atoms with van der Waals surface area (Å²) in [5, 5.41) is 0. The molecule has 2 aromatic carbocycles. The third kappa shape index (κ3) is 5.75. The molecule has 0 aliphatic carbocycles. The van der Waals surface area contributed by atoms with Gasteiger partial charge in [0, 0.05) is 43.9 Å². The van der Waals surface area contributed by atoms with Crippen LogP contribution >= 0.6 is 0 Å². The Hall–Kier alpha value is -3.28. The number of nitrogens with zero attached hydrogens (tertiary/aromatic N) is 4. The molecule has 1 aliphatic rings. The van der Waals surface area contributed by atoms with E-state index in [1.807, 2.05) is 17.9 Å². The highest BCUT2D eigenvalue weighted by molar-refractivity contribution is 5.79. The molecular weight excluding hydrogens is 415 g/mol. The van der Waals surface area contributed by atoms with Gasteiger partial charge in [-0.2, -0.15) is 0 Å². The third-order valence-corrected chi connectivity index (χ3v) is 6.16. The standard InChI is InChI=1S/C27H31FN4O/c1-3-25-24(18-21-8-5-4-6-9-21)27(30-20(2)29-25)32-15-7-14-31(16-17-32)26(33)19-22-10-12-23(28)13-11-22/h4-6,8-13H,3,7,14-19H2,1-2H3. The van der Waals surface area contributed by atoms with E-state index in [1.54, 1.807) is 12.1 Å². The zero-order valence-electron chi connectivity index (χ0n) is 19.4. The second kappa shape index (κ2) is 10.6. The van der Waals surface area contributed by atoms with E-state index in [0.29, 0.717) is 13.0 Å². The number of amides is 1. The molecule has 0 unspecified atom stereocenters. The number of anilines is 1. The maximum atomic E-state index is 13.2. The van der Waals surface area contributed by atoms with E-state index >= 15 is 0 Å². The van der Waals surface area contributed by atoms with E-state index in [1.165, 1.54) is 23.3 Å². The van der Waals surface area contributed by atoms with Crippen LogP contribution in [0, 0.1) is 12.7 Å². The first-order valence-corrected chi connectivity index (χ1v) is 11.7. The van der Waals surface area contributed by atoms with Crippen LogP contribution in [0.3, 0.4) is 0 Å². The number of aromatic nitrogens is 2. The van der Waals surface area contributed by atoms with Gasteiger partial charge in [-0.3, -0.25) is 4.79 Å². The van der Waals surface area contributed by atoms with Crippen LogP contribution in [-0.4, -0.2) is 47.0 Å². The van der Waals surface area contributed by atoms with Gasteiger partial charge in [-0.1, -0.05) is 49.4 Å². The fourth-order valence-electron chi connectivity index (χ4n) is 4.44. The second-order valence-electron chi connectivity index (χ2n) is 8.56. The first kappa shape index (κ1) is 22.9. The summed E-state index contributed by atoms with van der Waals surface area (Å²) in [4.78, 5) is 26.7. The van der Waals surface area contributed by atoms with Crippen LogP contribution in [0.15, 0.2) is 54.6 Å². The zero-order chi connectivity index (χ0) is 23.2. The number of hydrogen-bond donors (Lipinski definition) is 0. The van der Waals surface area contributed by atoms with Gasteiger partial charge in [-0.05, 0) is 43.0 Å². The van der Waals surface area contributed by atoms with Crippen molar-refractivity contribution in [3.8, 4) is 0 Å². The molecular formula is C27H31FN4O. The van der Waals surface area contributed by atoms with Gasteiger partial charge in [0.15, 0.2) is 0 Å². The summed E-state index contributed by atoms with van der Waals surface area (Å²) < 4.78 is 13.2. The number of benzene rings is 2. The lowest BCUT2D eigenvalue weighted by Crippen LogP contribution is -2.36. The molecule has 5 nitrogen and oxygen atoms in total. The molecule has 6 heteroatoms. The van der Waals surface area contributed by atoms with E-state index in [-0.39, 0.29) is 11.7 Å². The molecule has 0 N–H and O–H groups in total. The fourth-order valence-corrected chi connectivity index (χ4v) is 4.44. The number of carbonyl (C=O) groups excluding carboxylic acids is 1. The Balaban J connectivity index is 1.51. The van der Waals surface area contributed by atoms with Gasteiger partial charge in [-0.15, -0.1) is 0 Å².